The van der Waals surface area contributed by atoms with E-state index in [1.807, 2.05) is 0 Å². The number of hydrogen-bond acceptors (Lipinski definition) is 4. The van der Waals surface area contributed by atoms with Gasteiger partial charge in [-0.15, -0.1) is 0 Å². The third-order valence-corrected chi connectivity index (χ3v) is 25.5. The smallest absolute Gasteiger partial charge is 0.256 e. The number of rotatable bonds is 11. The molecule has 0 amide bonds. The van der Waals surface area contributed by atoms with Crippen molar-refractivity contribution in [3.8, 4) is 89.4 Å². The van der Waals surface area contributed by atoms with E-state index in [-0.39, 0.29) is 24.3 Å². The maximum absolute atomic E-state index is 8.34. The molecule has 4 heterocycles. The fourth-order valence-electron chi connectivity index (χ4n) is 20.2. The van der Waals surface area contributed by atoms with Crippen molar-refractivity contribution in [2.75, 3.05) is 14.7 Å². The van der Waals surface area contributed by atoms with E-state index < -0.39 is 5.41 Å². The number of hydrogen-bond donors (Lipinski definition) is 0. The summed E-state index contributed by atoms with van der Waals surface area (Å²) in [6, 6.07) is 149. The standard InChI is InChI=1S/C111H83B2N3O/c1-109(2,3)81-61-62-96(87(67-81)74-41-18-9-19-42-74)115-98-60-35-32-57-92(98)113-94-70-93-99(71-103(94)117-104-66-78(65-102(115)107(104)113)84-53-36-54-86-85-52-28-30-55-90(85)111(105(84)86,79-47-24-12-25-48-79)80-49-26-13-27-50-80)116(108-88(75-43-20-10-21-44-75)68-82(110(4,5)6)69-89(108)76-45-22-11-23-46-76)101-64-77(72-37-14-7-15-38-72)63-100-106(101)112(93)91-56-31-34-59-97(91)114(100)95-58-33-29-51-83(95)73-39-16-8-17-40-73/h7-71H,1-6H3. The van der Waals surface area contributed by atoms with Crippen LogP contribution in [0.15, 0.2) is 394 Å². The van der Waals surface area contributed by atoms with Gasteiger partial charge in [-0.2, -0.15) is 0 Å². The summed E-state index contributed by atoms with van der Waals surface area (Å²) in [5, 5.41) is 0. The van der Waals surface area contributed by atoms with Crippen molar-refractivity contribution >= 4 is 97.4 Å². The van der Waals surface area contributed by atoms with Gasteiger partial charge in [0.05, 0.1) is 22.5 Å². The lowest BCUT2D eigenvalue weighted by molar-refractivity contribution is 0.488. The van der Waals surface area contributed by atoms with Crippen LogP contribution in [0.25, 0.3) is 77.9 Å². The Morgan fingerprint density at radius 3 is 1.22 bits per heavy atom. The molecule has 0 bridgehead atoms. The summed E-state index contributed by atoms with van der Waals surface area (Å²) in [6.45, 7) is 13.5. The molecule has 0 N–H and O–H groups in total. The third kappa shape index (κ3) is 11.0. The molecule has 17 aromatic carbocycles. The van der Waals surface area contributed by atoms with Crippen molar-refractivity contribution < 1.29 is 4.74 Å². The van der Waals surface area contributed by atoms with Crippen LogP contribution < -0.4 is 52.2 Å². The fourth-order valence-corrected chi connectivity index (χ4v) is 20.2. The molecule has 0 spiro atoms. The van der Waals surface area contributed by atoms with E-state index in [9.17, 15) is 0 Å². The van der Waals surface area contributed by atoms with Gasteiger partial charge in [0.1, 0.15) is 11.5 Å². The summed E-state index contributed by atoms with van der Waals surface area (Å²) >= 11 is 0. The molecule has 5 aliphatic rings. The maximum Gasteiger partial charge on any atom is 0.256 e. The molecular formula is C111H83B2N3O. The molecule has 0 aromatic heterocycles. The molecule has 0 fully saturated rings. The van der Waals surface area contributed by atoms with E-state index in [1.165, 1.54) is 66.4 Å². The summed E-state index contributed by atoms with van der Waals surface area (Å²) in [5.41, 5.74) is 39.4. The topological polar surface area (TPSA) is 19.0 Å². The molecule has 0 saturated carbocycles. The second-order valence-corrected chi connectivity index (χ2v) is 34.1. The zero-order chi connectivity index (χ0) is 78.4. The third-order valence-electron chi connectivity index (χ3n) is 25.5. The van der Waals surface area contributed by atoms with Gasteiger partial charge in [-0.1, -0.05) is 363 Å². The van der Waals surface area contributed by atoms with Crippen molar-refractivity contribution in [3.05, 3.63) is 428 Å². The summed E-state index contributed by atoms with van der Waals surface area (Å²) in [5.74, 6) is 1.64. The number of ether oxygens (including phenoxy) is 1. The normalized spacial score (nSPS) is 13.6. The summed E-state index contributed by atoms with van der Waals surface area (Å²) < 4.78 is 8.34. The molecule has 6 heteroatoms. The average Bonchev–Trinajstić information content (AvgIpc) is 0.986. The second kappa shape index (κ2) is 27.1. The lowest BCUT2D eigenvalue weighted by Gasteiger charge is -2.46. The van der Waals surface area contributed by atoms with Crippen molar-refractivity contribution in [1.29, 1.82) is 0 Å². The van der Waals surface area contributed by atoms with E-state index >= 15 is 0 Å². The Morgan fingerprint density at radius 2 is 0.658 bits per heavy atom. The van der Waals surface area contributed by atoms with Gasteiger partial charge in [-0.05, 0) is 199 Å². The Bertz CT molecular complexity index is 6720. The first kappa shape index (κ1) is 69.8. The Hall–Kier alpha value is -13.9. The molecule has 1 aliphatic carbocycles. The second-order valence-electron chi connectivity index (χ2n) is 34.1. The Labute approximate surface area is 687 Å². The first-order valence-corrected chi connectivity index (χ1v) is 41.2. The van der Waals surface area contributed by atoms with Gasteiger partial charge in [-0.25, -0.2) is 0 Å². The van der Waals surface area contributed by atoms with Crippen LogP contribution in [0.3, 0.4) is 0 Å². The lowest BCUT2D eigenvalue weighted by atomic mass is 9.30. The molecule has 22 rings (SSSR count). The highest BCUT2D eigenvalue weighted by Crippen LogP contribution is 2.61. The van der Waals surface area contributed by atoms with E-state index in [4.69, 9.17) is 4.74 Å². The first-order chi connectivity index (χ1) is 57.3. The zero-order valence-electron chi connectivity index (χ0n) is 66.4. The van der Waals surface area contributed by atoms with Crippen LogP contribution in [0.4, 0.5) is 51.2 Å². The molecule has 17 aromatic rings. The molecule has 4 nitrogen and oxygen atoms in total. The van der Waals surface area contributed by atoms with E-state index in [0.717, 1.165) is 140 Å². The number of fused-ring (bicyclic) bond motifs is 11. The molecule has 0 atom stereocenters. The maximum atomic E-state index is 8.34. The SMILES string of the molecule is CC(C)(C)c1ccc(N2c3ccccc3B3c4cc5c(cc4Oc4cc(-c6cccc7c6C(c6ccccc6)(c6ccccc6)c6ccccc6-7)cc2c43)N(c2c(-c3ccccc3)cc(C(C)(C)C)cc2-c2ccccc2)c2cc(-c3ccccc3)cc3c2B5c2ccccc2N3c2ccccc2-c2ccccc2)c(-c2ccccc2)c1. The highest BCUT2D eigenvalue weighted by atomic mass is 16.5. The zero-order valence-corrected chi connectivity index (χ0v) is 66.4. The predicted octanol–water partition coefficient (Wildman–Crippen LogP) is 25.1. The van der Waals surface area contributed by atoms with Crippen LogP contribution in [-0.2, 0) is 16.2 Å². The van der Waals surface area contributed by atoms with E-state index in [0.29, 0.717) is 0 Å². The van der Waals surface area contributed by atoms with Crippen molar-refractivity contribution in [3.63, 3.8) is 0 Å². The Morgan fingerprint density at radius 1 is 0.239 bits per heavy atom. The monoisotopic (exact) mass is 1500 g/mol. The van der Waals surface area contributed by atoms with Crippen LogP contribution >= 0.6 is 0 Å². The molecule has 0 saturated heterocycles. The largest absolute Gasteiger partial charge is 0.458 e. The summed E-state index contributed by atoms with van der Waals surface area (Å²) in [6.07, 6.45) is 0. The quantitative estimate of drug-likeness (QED) is 0.120. The summed E-state index contributed by atoms with van der Waals surface area (Å²) in [4.78, 5) is 7.88. The van der Waals surface area contributed by atoms with E-state index in [2.05, 4.69) is 451 Å². The number of benzene rings is 17. The van der Waals surface area contributed by atoms with Crippen LogP contribution in [0.5, 0.6) is 11.5 Å². The van der Waals surface area contributed by atoms with Gasteiger partial charge in [0, 0.05) is 62.4 Å². The van der Waals surface area contributed by atoms with Gasteiger partial charge < -0.3 is 19.4 Å². The van der Waals surface area contributed by atoms with Crippen molar-refractivity contribution in [1.82, 2.24) is 0 Å². The van der Waals surface area contributed by atoms with Gasteiger partial charge in [0.25, 0.3) is 13.4 Å². The highest BCUT2D eigenvalue weighted by Gasteiger charge is 2.51. The van der Waals surface area contributed by atoms with Gasteiger partial charge >= 0.3 is 0 Å². The van der Waals surface area contributed by atoms with Gasteiger partial charge in [0.15, 0.2) is 0 Å². The molecule has 554 valence electrons. The minimum absolute atomic E-state index is 0.134. The minimum atomic E-state index is -0.703. The number of nitrogens with zero attached hydrogens (tertiary/aromatic N) is 3. The fraction of sp³-hybridized carbons (Fsp3) is 0.0811. The Kier molecular flexibility index (Phi) is 16.2. The molecular weight excluding hydrogens is 1410 g/mol. The highest BCUT2D eigenvalue weighted by molar-refractivity contribution is 7.02. The van der Waals surface area contributed by atoms with Gasteiger partial charge in [-0.3, -0.25) is 0 Å². The molecule has 0 radical (unpaired) electrons. The van der Waals surface area contributed by atoms with Crippen molar-refractivity contribution in [2.45, 2.75) is 57.8 Å². The van der Waals surface area contributed by atoms with E-state index in [1.54, 1.807) is 0 Å². The first-order valence-electron chi connectivity index (χ1n) is 41.2. The summed E-state index contributed by atoms with van der Waals surface area (Å²) in [7, 11) is 0. The minimum Gasteiger partial charge on any atom is -0.458 e. The van der Waals surface area contributed by atoms with Crippen LogP contribution in [-0.4, -0.2) is 13.4 Å². The molecule has 4 aliphatic heterocycles. The number of para-hydroxylation sites is 3. The Balaban J connectivity index is 0.871. The van der Waals surface area contributed by atoms with Gasteiger partial charge in [0.2, 0.25) is 0 Å². The van der Waals surface area contributed by atoms with Crippen LogP contribution in [0.1, 0.15) is 74.9 Å². The molecule has 0 unspecified atom stereocenters. The number of anilines is 9. The van der Waals surface area contributed by atoms with Crippen LogP contribution in [0, 0.1) is 0 Å². The van der Waals surface area contributed by atoms with Crippen molar-refractivity contribution in [2.24, 2.45) is 0 Å². The van der Waals surface area contributed by atoms with Crippen LogP contribution in [0.2, 0.25) is 0 Å². The predicted molar refractivity (Wildman–Crippen MR) is 494 cm³/mol. The molecule has 117 heavy (non-hydrogen) atoms. The average molecular weight is 1500 g/mol. The lowest BCUT2D eigenvalue weighted by Crippen LogP contribution is -2.64.